The first-order valence-electron chi connectivity index (χ1n) is 7.96. The number of aromatic nitrogens is 1. The number of carbonyl (C=O) groups is 1. The quantitative estimate of drug-likeness (QED) is 0.680. The van der Waals surface area contributed by atoms with E-state index >= 15 is 0 Å². The van der Waals surface area contributed by atoms with Gasteiger partial charge in [-0.15, -0.1) is 22.7 Å². The Morgan fingerprint density at radius 2 is 1.92 bits per heavy atom. The fourth-order valence-corrected chi connectivity index (χ4v) is 4.22. The highest BCUT2D eigenvalue weighted by Crippen LogP contribution is 2.28. The lowest BCUT2D eigenvalue weighted by atomic mass is 9.96. The van der Waals surface area contributed by atoms with Crippen molar-refractivity contribution in [1.29, 1.82) is 0 Å². The van der Waals surface area contributed by atoms with Gasteiger partial charge in [-0.05, 0) is 22.9 Å². The second-order valence-electron chi connectivity index (χ2n) is 6.00. The van der Waals surface area contributed by atoms with Gasteiger partial charge in [-0.3, -0.25) is 4.79 Å². The zero-order valence-electron chi connectivity index (χ0n) is 13.7. The second-order valence-corrected chi connectivity index (χ2v) is 7.80. The Morgan fingerprint density at radius 1 is 1.12 bits per heavy atom. The lowest BCUT2D eigenvalue weighted by Crippen LogP contribution is -2.32. The molecule has 0 bridgehead atoms. The summed E-state index contributed by atoms with van der Waals surface area (Å²) >= 11 is 3.26. The Bertz CT molecular complexity index is 779. The highest BCUT2D eigenvalue weighted by atomic mass is 32.1. The van der Waals surface area contributed by atoms with Crippen LogP contribution < -0.4 is 5.32 Å². The average molecular weight is 357 g/mol. The van der Waals surface area contributed by atoms with E-state index in [9.17, 15) is 4.79 Å². The summed E-state index contributed by atoms with van der Waals surface area (Å²) in [6.45, 7) is 4.24. The van der Waals surface area contributed by atoms with Gasteiger partial charge in [-0.2, -0.15) is 0 Å². The summed E-state index contributed by atoms with van der Waals surface area (Å²) < 4.78 is 0. The van der Waals surface area contributed by atoms with Gasteiger partial charge in [0, 0.05) is 5.38 Å². The van der Waals surface area contributed by atoms with Crippen LogP contribution in [0.5, 0.6) is 0 Å². The van der Waals surface area contributed by atoms with E-state index in [0.717, 1.165) is 21.1 Å². The molecule has 0 fully saturated rings. The van der Waals surface area contributed by atoms with Crippen LogP contribution in [0.4, 0.5) is 0 Å². The molecule has 0 saturated heterocycles. The van der Waals surface area contributed by atoms with Gasteiger partial charge in [0.1, 0.15) is 5.01 Å². The van der Waals surface area contributed by atoms with E-state index in [4.69, 9.17) is 0 Å². The number of amides is 1. The van der Waals surface area contributed by atoms with Crippen molar-refractivity contribution < 1.29 is 4.79 Å². The molecule has 124 valence electrons. The van der Waals surface area contributed by atoms with Crippen molar-refractivity contribution in [2.24, 2.45) is 5.92 Å². The first-order valence-corrected chi connectivity index (χ1v) is 9.72. The van der Waals surface area contributed by atoms with Crippen LogP contribution in [0.3, 0.4) is 0 Å². The third-order valence-electron chi connectivity index (χ3n) is 3.77. The molecule has 1 amide bonds. The number of thiazole rings is 1. The van der Waals surface area contributed by atoms with Crippen molar-refractivity contribution >= 4 is 28.6 Å². The van der Waals surface area contributed by atoms with Gasteiger partial charge in [0.2, 0.25) is 5.91 Å². The van der Waals surface area contributed by atoms with Crippen LogP contribution >= 0.6 is 22.7 Å². The Balaban J connectivity index is 1.66. The summed E-state index contributed by atoms with van der Waals surface area (Å²) in [5, 5.41) is 8.15. The molecule has 3 nitrogen and oxygen atoms in total. The number of carbonyl (C=O) groups excluding carboxylic acids is 1. The normalized spacial score (nSPS) is 12.3. The van der Waals surface area contributed by atoms with Crippen LogP contribution in [0, 0.1) is 5.92 Å². The van der Waals surface area contributed by atoms with Crippen LogP contribution in [-0.2, 0) is 11.2 Å². The second kappa shape index (κ2) is 7.73. The largest absolute Gasteiger partial charge is 0.349 e. The highest BCUT2D eigenvalue weighted by Gasteiger charge is 2.19. The van der Waals surface area contributed by atoms with Crippen LogP contribution in [0.2, 0.25) is 0 Å². The summed E-state index contributed by atoms with van der Waals surface area (Å²) in [4.78, 5) is 18.2. The predicted octanol–water partition coefficient (Wildman–Crippen LogP) is 4.93. The lowest BCUT2D eigenvalue weighted by molar-refractivity contribution is -0.121. The van der Waals surface area contributed by atoms with Gasteiger partial charge in [-0.1, -0.05) is 50.2 Å². The van der Waals surface area contributed by atoms with Crippen LogP contribution in [0.15, 0.2) is 53.2 Å². The maximum Gasteiger partial charge on any atom is 0.226 e. The first-order chi connectivity index (χ1) is 11.6. The van der Waals surface area contributed by atoms with E-state index in [1.165, 1.54) is 0 Å². The van der Waals surface area contributed by atoms with Crippen molar-refractivity contribution in [3.05, 3.63) is 64.5 Å². The summed E-state index contributed by atoms with van der Waals surface area (Å²) in [6.07, 6.45) is 0.317. The molecule has 0 aliphatic carbocycles. The molecule has 2 heterocycles. The number of hydrogen-bond donors (Lipinski definition) is 1. The Morgan fingerprint density at radius 3 is 2.58 bits per heavy atom. The monoisotopic (exact) mass is 356 g/mol. The van der Waals surface area contributed by atoms with E-state index in [-0.39, 0.29) is 11.9 Å². The number of rotatable bonds is 6. The Kier molecular flexibility index (Phi) is 5.43. The molecule has 0 radical (unpaired) electrons. The highest BCUT2D eigenvalue weighted by molar-refractivity contribution is 7.20. The van der Waals surface area contributed by atoms with Crippen molar-refractivity contribution in [2.45, 2.75) is 26.3 Å². The number of thiophene rings is 1. The molecule has 24 heavy (non-hydrogen) atoms. The average Bonchev–Trinajstić information content (AvgIpc) is 3.24. The molecule has 1 aromatic carbocycles. The fourth-order valence-electron chi connectivity index (χ4n) is 2.59. The van der Waals surface area contributed by atoms with E-state index in [1.807, 2.05) is 35.0 Å². The molecular weight excluding hydrogens is 336 g/mol. The van der Waals surface area contributed by atoms with Gasteiger partial charge in [0.05, 0.1) is 23.0 Å². The minimum atomic E-state index is 0.0144. The van der Waals surface area contributed by atoms with Gasteiger partial charge in [0.15, 0.2) is 0 Å². The summed E-state index contributed by atoms with van der Waals surface area (Å²) in [6, 6.07) is 14.2. The zero-order valence-corrected chi connectivity index (χ0v) is 15.4. The molecule has 0 saturated carbocycles. The van der Waals surface area contributed by atoms with Crippen LogP contribution in [0.25, 0.3) is 9.88 Å². The predicted molar refractivity (Wildman–Crippen MR) is 101 cm³/mol. The topological polar surface area (TPSA) is 42.0 Å². The van der Waals surface area contributed by atoms with Crippen molar-refractivity contribution in [1.82, 2.24) is 10.3 Å². The standard InChI is InChI=1S/C19H20N2OS2/c1-13(2)18(14-7-4-3-5-8-14)21-17(22)11-15-12-24-19(20-15)16-9-6-10-23-16/h3-10,12-13,18H,11H2,1-2H3,(H,21,22)/t18-/m1/s1. The van der Waals surface area contributed by atoms with Gasteiger partial charge < -0.3 is 5.32 Å². The molecule has 3 rings (SSSR count). The van der Waals surface area contributed by atoms with Gasteiger partial charge in [-0.25, -0.2) is 4.98 Å². The molecule has 3 aromatic rings. The number of nitrogens with zero attached hydrogens (tertiary/aromatic N) is 1. The van der Waals surface area contributed by atoms with E-state index < -0.39 is 0 Å². The summed E-state index contributed by atoms with van der Waals surface area (Å²) in [5.74, 6) is 0.342. The minimum absolute atomic E-state index is 0.0144. The molecule has 1 atom stereocenters. The molecule has 0 aliphatic heterocycles. The molecule has 2 aromatic heterocycles. The lowest BCUT2D eigenvalue weighted by Gasteiger charge is -2.22. The van der Waals surface area contributed by atoms with E-state index in [1.54, 1.807) is 22.7 Å². The van der Waals surface area contributed by atoms with Crippen LogP contribution in [-0.4, -0.2) is 10.9 Å². The smallest absolute Gasteiger partial charge is 0.226 e. The molecule has 1 N–H and O–H groups in total. The molecule has 0 aliphatic rings. The molecule has 0 unspecified atom stereocenters. The van der Waals surface area contributed by atoms with Gasteiger partial charge >= 0.3 is 0 Å². The molecular formula is C19H20N2OS2. The third kappa shape index (κ3) is 4.10. The maximum absolute atomic E-state index is 12.5. The minimum Gasteiger partial charge on any atom is -0.349 e. The number of nitrogens with one attached hydrogen (secondary N) is 1. The number of hydrogen-bond acceptors (Lipinski definition) is 4. The fraction of sp³-hybridized carbons (Fsp3) is 0.263. The first kappa shape index (κ1) is 16.9. The van der Waals surface area contributed by atoms with Crippen LogP contribution in [0.1, 0.15) is 31.1 Å². The van der Waals surface area contributed by atoms with Crippen molar-refractivity contribution in [3.8, 4) is 9.88 Å². The van der Waals surface area contributed by atoms with E-state index in [2.05, 4.69) is 42.3 Å². The van der Waals surface area contributed by atoms with Gasteiger partial charge in [0.25, 0.3) is 0 Å². The summed E-state index contributed by atoms with van der Waals surface area (Å²) in [7, 11) is 0. The Labute approximate surface area is 150 Å². The zero-order chi connectivity index (χ0) is 16.9. The third-order valence-corrected chi connectivity index (χ3v) is 5.70. The Hall–Kier alpha value is -1.98. The summed E-state index contributed by atoms with van der Waals surface area (Å²) in [5.41, 5.74) is 1.97. The SMILES string of the molecule is CC(C)[C@@H](NC(=O)Cc1csc(-c2cccs2)n1)c1ccccc1. The molecule has 0 spiro atoms. The van der Waals surface area contributed by atoms with Crippen molar-refractivity contribution in [2.75, 3.05) is 0 Å². The van der Waals surface area contributed by atoms with E-state index in [0.29, 0.717) is 12.3 Å². The maximum atomic E-state index is 12.5. The molecule has 5 heteroatoms. The van der Waals surface area contributed by atoms with Crippen molar-refractivity contribution in [3.63, 3.8) is 0 Å². The number of benzene rings is 1.